The zero-order valence-electron chi connectivity index (χ0n) is 11.0. The lowest BCUT2D eigenvalue weighted by molar-refractivity contribution is 0.242. The SMILES string of the molecule is CCN(Cc1nc(Cl)c2ccsc2n1)Cc1ccco1. The van der Waals surface area contributed by atoms with Gasteiger partial charge < -0.3 is 4.42 Å². The second-order valence-electron chi connectivity index (χ2n) is 4.45. The highest BCUT2D eigenvalue weighted by Crippen LogP contribution is 2.25. The molecule has 0 aliphatic rings. The highest BCUT2D eigenvalue weighted by atomic mass is 35.5. The third-order valence-corrected chi connectivity index (χ3v) is 4.19. The molecule has 0 aliphatic carbocycles. The molecule has 104 valence electrons. The number of thiophene rings is 1. The zero-order valence-corrected chi connectivity index (χ0v) is 12.6. The van der Waals surface area contributed by atoms with E-state index in [9.17, 15) is 0 Å². The molecule has 4 nitrogen and oxygen atoms in total. The monoisotopic (exact) mass is 307 g/mol. The van der Waals surface area contributed by atoms with Crippen LogP contribution in [0.2, 0.25) is 5.15 Å². The van der Waals surface area contributed by atoms with Crippen LogP contribution in [-0.2, 0) is 13.1 Å². The first-order valence-corrected chi connectivity index (χ1v) is 7.66. The van der Waals surface area contributed by atoms with Crippen molar-refractivity contribution < 1.29 is 4.42 Å². The van der Waals surface area contributed by atoms with Crippen LogP contribution in [0.5, 0.6) is 0 Å². The average molecular weight is 308 g/mol. The first kappa shape index (κ1) is 13.5. The van der Waals surface area contributed by atoms with E-state index in [0.29, 0.717) is 11.7 Å². The van der Waals surface area contributed by atoms with E-state index in [2.05, 4.69) is 21.8 Å². The van der Waals surface area contributed by atoms with Gasteiger partial charge in [-0.05, 0) is 30.1 Å². The van der Waals surface area contributed by atoms with Gasteiger partial charge in [0.15, 0.2) is 0 Å². The maximum absolute atomic E-state index is 6.19. The standard InChI is InChI=1S/C14H14ClN3OS/c1-2-18(8-10-4-3-6-19-10)9-12-16-13(15)11-5-7-20-14(11)17-12/h3-7H,2,8-9H2,1H3. The Bertz CT molecular complexity index is 696. The number of aromatic nitrogens is 2. The van der Waals surface area contributed by atoms with Crippen molar-refractivity contribution in [2.24, 2.45) is 0 Å². The van der Waals surface area contributed by atoms with Gasteiger partial charge in [0.2, 0.25) is 0 Å². The molecule has 0 fully saturated rings. The van der Waals surface area contributed by atoms with Crippen LogP contribution in [0.15, 0.2) is 34.3 Å². The van der Waals surface area contributed by atoms with Crippen molar-refractivity contribution in [3.05, 3.63) is 46.6 Å². The van der Waals surface area contributed by atoms with Crippen molar-refractivity contribution in [1.29, 1.82) is 0 Å². The molecule has 0 atom stereocenters. The van der Waals surface area contributed by atoms with E-state index in [-0.39, 0.29) is 0 Å². The summed E-state index contributed by atoms with van der Waals surface area (Å²) in [6.07, 6.45) is 1.69. The lowest BCUT2D eigenvalue weighted by Crippen LogP contribution is -2.23. The highest BCUT2D eigenvalue weighted by Gasteiger charge is 2.12. The van der Waals surface area contributed by atoms with Crippen LogP contribution in [-0.4, -0.2) is 21.4 Å². The van der Waals surface area contributed by atoms with Gasteiger partial charge in [-0.3, -0.25) is 4.90 Å². The van der Waals surface area contributed by atoms with Crippen LogP contribution in [0.4, 0.5) is 0 Å². The summed E-state index contributed by atoms with van der Waals surface area (Å²) in [7, 11) is 0. The molecule has 3 rings (SSSR count). The Morgan fingerprint density at radius 1 is 1.30 bits per heavy atom. The van der Waals surface area contributed by atoms with Crippen LogP contribution in [0.25, 0.3) is 10.2 Å². The Labute approximate surface area is 126 Å². The second-order valence-corrected chi connectivity index (χ2v) is 5.71. The molecular weight excluding hydrogens is 294 g/mol. The first-order chi connectivity index (χ1) is 9.76. The average Bonchev–Trinajstić information content (AvgIpc) is 3.08. The summed E-state index contributed by atoms with van der Waals surface area (Å²) in [5.74, 6) is 1.69. The molecular formula is C14H14ClN3OS. The molecule has 0 bridgehead atoms. The lowest BCUT2D eigenvalue weighted by Gasteiger charge is -2.18. The van der Waals surface area contributed by atoms with Crippen molar-refractivity contribution in [1.82, 2.24) is 14.9 Å². The van der Waals surface area contributed by atoms with E-state index < -0.39 is 0 Å². The topological polar surface area (TPSA) is 42.2 Å². The van der Waals surface area contributed by atoms with Gasteiger partial charge in [-0.25, -0.2) is 9.97 Å². The van der Waals surface area contributed by atoms with Gasteiger partial charge in [-0.2, -0.15) is 0 Å². The maximum atomic E-state index is 6.19. The first-order valence-electron chi connectivity index (χ1n) is 6.40. The molecule has 6 heteroatoms. The van der Waals surface area contributed by atoms with Crippen molar-refractivity contribution in [2.75, 3.05) is 6.54 Å². The van der Waals surface area contributed by atoms with Gasteiger partial charge in [0.05, 0.1) is 19.4 Å². The summed E-state index contributed by atoms with van der Waals surface area (Å²) in [4.78, 5) is 12.1. The van der Waals surface area contributed by atoms with E-state index >= 15 is 0 Å². The quantitative estimate of drug-likeness (QED) is 0.669. The van der Waals surface area contributed by atoms with E-state index in [0.717, 1.165) is 34.9 Å². The fourth-order valence-electron chi connectivity index (χ4n) is 2.03. The molecule has 0 spiro atoms. The number of halogens is 1. The fourth-order valence-corrected chi connectivity index (χ4v) is 3.12. The van der Waals surface area contributed by atoms with E-state index in [1.54, 1.807) is 17.6 Å². The third-order valence-electron chi connectivity index (χ3n) is 3.10. The summed E-state index contributed by atoms with van der Waals surface area (Å²) in [6, 6.07) is 5.82. The number of hydrogen-bond donors (Lipinski definition) is 0. The Balaban J connectivity index is 1.79. The Hall–Kier alpha value is -1.43. The smallest absolute Gasteiger partial charge is 0.145 e. The normalized spacial score (nSPS) is 11.6. The fraction of sp³-hybridized carbons (Fsp3) is 0.286. The van der Waals surface area contributed by atoms with Gasteiger partial charge >= 0.3 is 0 Å². The number of nitrogens with zero attached hydrogens (tertiary/aromatic N) is 3. The molecule has 20 heavy (non-hydrogen) atoms. The number of fused-ring (bicyclic) bond motifs is 1. The summed E-state index contributed by atoms with van der Waals surface area (Å²) < 4.78 is 5.38. The van der Waals surface area contributed by atoms with Gasteiger partial charge in [0.1, 0.15) is 21.6 Å². The number of furan rings is 1. The van der Waals surface area contributed by atoms with Gasteiger partial charge in [0, 0.05) is 5.39 Å². The predicted molar refractivity (Wildman–Crippen MR) is 80.9 cm³/mol. The van der Waals surface area contributed by atoms with Gasteiger partial charge in [-0.15, -0.1) is 11.3 Å². The summed E-state index contributed by atoms with van der Waals surface area (Å²) in [5, 5.41) is 3.44. The number of rotatable bonds is 5. The minimum absolute atomic E-state index is 0.528. The summed E-state index contributed by atoms with van der Waals surface area (Å²) in [6.45, 7) is 4.40. The van der Waals surface area contributed by atoms with Crippen molar-refractivity contribution >= 4 is 33.2 Å². The van der Waals surface area contributed by atoms with E-state index in [1.807, 2.05) is 23.6 Å². The molecule has 3 aromatic heterocycles. The molecule has 0 saturated carbocycles. The molecule has 0 aromatic carbocycles. The van der Waals surface area contributed by atoms with Gasteiger partial charge in [-0.1, -0.05) is 18.5 Å². The van der Waals surface area contributed by atoms with Crippen LogP contribution < -0.4 is 0 Å². The van der Waals surface area contributed by atoms with E-state index in [1.165, 1.54) is 0 Å². The van der Waals surface area contributed by atoms with Crippen LogP contribution >= 0.6 is 22.9 Å². The largest absolute Gasteiger partial charge is 0.468 e. The summed E-state index contributed by atoms with van der Waals surface area (Å²) >= 11 is 7.77. The summed E-state index contributed by atoms with van der Waals surface area (Å²) in [5.41, 5.74) is 0. The second kappa shape index (κ2) is 5.91. The molecule has 0 saturated heterocycles. The minimum Gasteiger partial charge on any atom is -0.468 e. The molecule has 3 aromatic rings. The lowest BCUT2D eigenvalue weighted by atomic mass is 10.3. The van der Waals surface area contributed by atoms with Crippen molar-refractivity contribution in [3.8, 4) is 0 Å². The molecule has 0 aliphatic heterocycles. The Morgan fingerprint density at radius 2 is 2.20 bits per heavy atom. The molecule has 0 amide bonds. The third kappa shape index (κ3) is 2.85. The predicted octanol–water partition coefficient (Wildman–Crippen LogP) is 3.96. The van der Waals surface area contributed by atoms with Gasteiger partial charge in [0.25, 0.3) is 0 Å². The maximum Gasteiger partial charge on any atom is 0.145 e. The Morgan fingerprint density at radius 3 is 2.95 bits per heavy atom. The molecule has 3 heterocycles. The Kier molecular flexibility index (Phi) is 4.00. The van der Waals surface area contributed by atoms with Crippen LogP contribution in [0.1, 0.15) is 18.5 Å². The zero-order chi connectivity index (χ0) is 13.9. The number of hydrogen-bond acceptors (Lipinski definition) is 5. The molecule has 0 radical (unpaired) electrons. The minimum atomic E-state index is 0.528. The van der Waals surface area contributed by atoms with E-state index in [4.69, 9.17) is 16.0 Å². The molecule has 0 N–H and O–H groups in total. The highest BCUT2D eigenvalue weighted by molar-refractivity contribution is 7.16. The molecule has 0 unspecified atom stereocenters. The van der Waals surface area contributed by atoms with Crippen LogP contribution in [0, 0.1) is 0 Å². The van der Waals surface area contributed by atoms with Crippen molar-refractivity contribution in [3.63, 3.8) is 0 Å². The van der Waals surface area contributed by atoms with Crippen LogP contribution in [0.3, 0.4) is 0 Å². The van der Waals surface area contributed by atoms with Crippen molar-refractivity contribution in [2.45, 2.75) is 20.0 Å².